The van der Waals surface area contributed by atoms with Crippen molar-refractivity contribution in [3.63, 3.8) is 0 Å². The van der Waals surface area contributed by atoms with Crippen molar-refractivity contribution in [2.24, 2.45) is 0 Å². The first kappa shape index (κ1) is 12.1. The summed E-state index contributed by atoms with van der Waals surface area (Å²) >= 11 is 1.52. The van der Waals surface area contributed by atoms with Crippen molar-refractivity contribution in [3.8, 4) is 0 Å². The van der Waals surface area contributed by atoms with Crippen LogP contribution in [0.25, 0.3) is 11.4 Å². The first-order valence-corrected chi connectivity index (χ1v) is 6.41. The van der Waals surface area contributed by atoms with Crippen LogP contribution >= 0.6 is 11.5 Å². The van der Waals surface area contributed by atoms with Crippen molar-refractivity contribution < 1.29 is 4.79 Å². The highest BCUT2D eigenvalue weighted by Crippen LogP contribution is 2.07. The van der Waals surface area contributed by atoms with Gasteiger partial charge in [-0.25, -0.2) is 0 Å². The Kier molecular flexibility index (Phi) is 3.19. The standard InChI is InChI=1S/C12H17N3OS/c1-7-6-15(4)12(14-8(2)9(3)16)10-5-13-17-11(7)10/h5,8,14H,6H2,1-4H3. The molecule has 1 aliphatic rings. The van der Waals surface area contributed by atoms with E-state index in [2.05, 4.69) is 21.5 Å². The average molecular weight is 251 g/mol. The predicted molar refractivity (Wildman–Crippen MR) is 69.8 cm³/mol. The minimum Gasteiger partial charge on any atom is -0.362 e. The Bertz CT molecular complexity index is 561. The first-order valence-electron chi connectivity index (χ1n) is 5.63. The molecule has 17 heavy (non-hydrogen) atoms. The first-order chi connectivity index (χ1) is 8.00. The molecule has 0 bridgehead atoms. The lowest BCUT2D eigenvalue weighted by atomic mass is 10.2. The highest BCUT2D eigenvalue weighted by molar-refractivity contribution is 7.03. The molecule has 5 heteroatoms. The Labute approximate surface area is 105 Å². The number of nitrogens with one attached hydrogen (secondary N) is 1. The molecule has 0 spiro atoms. The van der Waals surface area contributed by atoms with E-state index in [4.69, 9.17) is 0 Å². The van der Waals surface area contributed by atoms with E-state index in [0.29, 0.717) is 0 Å². The van der Waals surface area contributed by atoms with Crippen molar-refractivity contribution in [3.05, 3.63) is 15.9 Å². The maximum atomic E-state index is 11.3. The van der Waals surface area contributed by atoms with Crippen LogP contribution in [0, 0.1) is 0 Å². The van der Waals surface area contributed by atoms with Gasteiger partial charge in [-0.05, 0) is 37.9 Å². The minimum atomic E-state index is -0.168. The Morgan fingerprint density at radius 2 is 2.35 bits per heavy atom. The van der Waals surface area contributed by atoms with E-state index in [1.54, 1.807) is 6.92 Å². The number of carbonyl (C=O) groups excluding carboxylic acids is 1. The SMILES string of the molecule is CC(=O)C(C)NC1=c2cnsc2=C(C)CN1C. The third-order valence-electron chi connectivity index (χ3n) is 3.03. The molecule has 1 unspecified atom stereocenters. The van der Waals surface area contributed by atoms with Gasteiger partial charge in [-0.1, -0.05) is 0 Å². The van der Waals surface area contributed by atoms with Gasteiger partial charge in [0, 0.05) is 13.6 Å². The zero-order chi connectivity index (χ0) is 12.6. The molecule has 0 fully saturated rings. The summed E-state index contributed by atoms with van der Waals surface area (Å²) in [7, 11) is 2.03. The Morgan fingerprint density at radius 1 is 1.65 bits per heavy atom. The van der Waals surface area contributed by atoms with E-state index >= 15 is 0 Å². The van der Waals surface area contributed by atoms with E-state index < -0.39 is 0 Å². The molecule has 1 aromatic rings. The van der Waals surface area contributed by atoms with Crippen LogP contribution in [0.2, 0.25) is 0 Å². The fourth-order valence-electron chi connectivity index (χ4n) is 1.92. The van der Waals surface area contributed by atoms with Crippen molar-refractivity contribution >= 4 is 28.7 Å². The van der Waals surface area contributed by atoms with E-state index in [1.807, 2.05) is 20.2 Å². The van der Waals surface area contributed by atoms with Gasteiger partial charge in [0.15, 0.2) is 5.78 Å². The van der Waals surface area contributed by atoms with Gasteiger partial charge in [-0.2, -0.15) is 4.37 Å². The van der Waals surface area contributed by atoms with Gasteiger partial charge in [0.05, 0.1) is 22.0 Å². The number of nitrogens with zero attached hydrogens (tertiary/aromatic N) is 2. The quantitative estimate of drug-likeness (QED) is 0.814. The lowest BCUT2D eigenvalue weighted by molar-refractivity contribution is -0.118. The van der Waals surface area contributed by atoms with Crippen LogP contribution in [-0.4, -0.2) is 34.7 Å². The lowest BCUT2D eigenvalue weighted by Gasteiger charge is -2.28. The molecule has 1 atom stereocenters. The van der Waals surface area contributed by atoms with Gasteiger partial charge in [-0.3, -0.25) is 4.79 Å². The molecule has 1 N–H and O–H groups in total. The van der Waals surface area contributed by atoms with Gasteiger partial charge >= 0.3 is 0 Å². The number of Topliss-reactive ketones (excluding diaryl/α,β-unsaturated/α-hetero) is 1. The molecule has 0 aliphatic carbocycles. The highest BCUT2D eigenvalue weighted by atomic mass is 32.1. The van der Waals surface area contributed by atoms with E-state index in [9.17, 15) is 4.79 Å². The van der Waals surface area contributed by atoms with Crippen molar-refractivity contribution in [1.82, 2.24) is 14.6 Å². The van der Waals surface area contributed by atoms with Gasteiger partial charge in [0.1, 0.15) is 5.82 Å². The summed E-state index contributed by atoms with van der Waals surface area (Å²) in [4.78, 5) is 13.5. The van der Waals surface area contributed by atoms with Crippen molar-refractivity contribution in [1.29, 1.82) is 0 Å². The number of hydrogen-bond acceptors (Lipinski definition) is 5. The molecule has 2 heterocycles. The van der Waals surface area contributed by atoms with Crippen LogP contribution in [0.4, 0.5) is 0 Å². The highest BCUT2D eigenvalue weighted by Gasteiger charge is 2.17. The van der Waals surface area contributed by atoms with Gasteiger partial charge in [0.25, 0.3) is 0 Å². The van der Waals surface area contributed by atoms with E-state index in [-0.39, 0.29) is 11.8 Å². The summed E-state index contributed by atoms with van der Waals surface area (Å²) in [5.74, 6) is 1.14. The fraction of sp³-hybridized carbons (Fsp3) is 0.500. The summed E-state index contributed by atoms with van der Waals surface area (Å²) in [5.41, 5.74) is 1.33. The number of fused-ring (bicyclic) bond motifs is 1. The zero-order valence-corrected chi connectivity index (χ0v) is 11.4. The molecule has 92 valence electrons. The molecule has 0 aromatic carbocycles. The Balaban J connectivity index is 2.51. The second kappa shape index (κ2) is 4.49. The molecule has 2 rings (SSSR count). The molecular weight excluding hydrogens is 234 g/mol. The third-order valence-corrected chi connectivity index (χ3v) is 3.99. The molecule has 0 saturated heterocycles. The normalized spacial score (nSPS) is 16.8. The number of carbonyl (C=O) groups is 1. The summed E-state index contributed by atoms with van der Waals surface area (Å²) in [6, 6.07) is -0.168. The summed E-state index contributed by atoms with van der Waals surface area (Å²) < 4.78 is 5.46. The molecule has 4 nitrogen and oxygen atoms in total. The minimum absolute atomic E-state index is 0.141. The molecule has 1 aliphatic heterocycles. The van der Waals surface area contributed by atoms with Crippen LogP contribution in [0.1, 0.15) is 20.8 Å². The van der Waals surface area contributed by atoms with Crippen molar-refractivity contribution in [2.45, 2.75) is 26.8 Å². The smallest absolute Gasteiger partial charge is 0.151 e. The summed E-state index contributed by atoms with van der Waals surface area (Å²) in [5, 5.41) is 4.38. The maximum Gasteiger partial charge on any atom is 0.151 e. The number of hydrogen-bond donors (Lipinski definition) is 1. The van der Waals surface area contributed by atoms with Crippen LogP contribution in [-0.2, 0) is 4.79 Å². The molecule has 0 amide bonds. The number of aromatic nitrogens is 1. The van der Waals surface area contributed by atoms with Crippen LogP contribution in [0.5, 0.6) is 0 Å². The fourth-order valence-corrected chi connectivity index (χ4v) is 2.65. The van der Waals surface area contributed by atoms with Crippen LogP contribution < -0.4 is 15.1 Å². The lowest BCUT2D eigenvalue weighted by Crippen LogP contribution is -2.47. The monoisotopic (exact) mass is 251 g/mol. The van der Waals surface area contributed by atoms with Crippen LogP contribution in [0.15, 0.2) is 6.20 Å². The average Bonchev–Trinajstić information content (AvgIpc) is 2.72. The van der Waals surface area contributed by atoms with Gasteiger partial charge in [0.2, 0.25) is 0 Å². The maximum absolute atomic E-state index is 11.3. The molecule has 0 saturated carbocycles. The Hall–Kier alpha value is -1.36. The number of rotatable bonds is 3. The summed E-state index contributed by atoms with van der Waals surface area (Å²) in [6.07, 6.45) is 1.87. The van der Waals surface area contributed by atoms with Crippen molar-refractivity contribution in [2.75, 3.05) is 13.6 Å². The van der Waals surface area contributed by atoms with E-state index in [1.165, 1.54) is 21.6 Å². The zero-order valence-electron chi connectivity index (χ0n) is 10.6. The third kappa shape index (κ3) is 2.20. The van der Waals surface area contributed by atoms with Crippen LogP contribution in [0.3, 0.4) is 0 Å². The molecular formula is C12H17N3OS. The summed E-state index contributed by atoms with van der Waals surface area (Å²) in [6.45, 7) is 6.49. The largest absolute Gasteiger partial charge is 0.362 e. The van der Waals surface area contributed by atoms with Gasteiger partial charge < -0.3 is 10.2 Å². The second-order valence-electron chi connectivity index (χ2n) is 4.53. The van der Waals surface area contributed by atoms with E-state index in [0.717, 1.165) is 17.6 Å². The predicted octanol–water partition coefficient (Wildman–Crippen LogP) is -0.108. The second-order valence-corrected chi connectivity index (χ2v) is 5.33. The number of ketones is 1. The molecule has 0 radical (unpaired) electrons. The Morgan fingerprint density at radius 3 is 3.00 bits per heavy atom. The molecule has 1 aromatic heterocycles. The van der Waals surface area contributed by atoms with Gasteiger partial charge in [-0.15, -0.1) is 0 Å². The topological polar surface area (TPSA) is 45.2 Å².